The minimum absolute atomic E-state index is 0.0162. The molecule has 3 aromatic rings. The molecule has 0 saturated carbocycles. The lowest BCUT2D eigenvalue weighted by Crippen LogP contribution is -2.30. The molecule has 194 valence electrons. The van der Waals surface area contributed by atoms with Gasteiger partial charge < -0.3 is 26.6 Å². The highest BCUT2D eigenvalue weighted by atomic mass is 79.9. The summed E-state index contributed by atoms with van der Waals surface area (Å²) in [6.45, 7) is 3.49. The maximum Gasteiger partial charge on any atom is 0.319 e. The van der Waals surface area contributed by atoms with Gasteiger partial charge in [-0.3, -0.25) is 9.69 Å². The van der Waals surface area contributed by atoms with Gasteiger partial charge in [-0.05, 0) is 78.6 Å². The summed E-state index contributed by atoms with van der Waals surface area (Å²) < 4.78 is 0.732. The quantitative estimate of drug-likeness (QED) is 0.214. The lowest BCUT2D eigenvalue weighted by atomic mass is 10.2. The van der Waals surface area contributed by atoms with E-state index in [0.29, 0.717) is 43.5 Å². The van der Waals surface area contributed by atoms with E-state index in [1.54, 1.807) is 6.20 Å². The Morgan fingerprint density at radius 1 is 0.919 bits per heavy atom. The molecule has 0 radical (unpaired) electrons. The van der Waals surface area contributed by atoms with Crippen LogP contribution in [-0.2, 0) is 4.79 Å². The molecular formula is C26H31BrN8O2. The topological polar surface area (TPSA) is 123 Å². The van der Waals surface area contributed by atoms with Gasteiger partial charge in [0.05, 0.1) is 11.0 Å². The summed E-state index contributed by atoms with van der Waals surface area (Å²) in [5, 5.41) is 15.0. The number of aromatic nitrogens is 2. The van der Waals surface area contributed by atoms with E-state index in [2.05, 4.69) is 57.4 Å². The number of nitrogens with zero attached hydrogens (tertiary/aromatic N) is 3. The first-order chi connectivity index (χ1) is 18.0. The largest absolute Gasteiger partial charge is 0.369 e. The monoisotopic (exact) mass is 566 g/mol. The SMILES string of the molecule is O=C(CN1CCCC1)Nc1cccc(Nc2ncc(Br)c(NCCCNC(=O)Nc3ccccc3)n2)c1. The van der Waals surface area contributed by atoms with E-state index in [0.717, 1.165) is 41.8 Å². The summed E-state index contributed by atoms with van der Waals surface area (Å²) in [4.78, 5) is 35.4. The Labute approximate surface area is 224 Å². The van der Waals surface area contributed by atoms with E-state index >= 15 is 0 Å². The minimum Gasteiger partial charge on any atom is -0.369 e. The summed E-state index contributed by atoms with van der Waals surface area (Å²) >= 11 is 3.47. The molecule has 1 aromatic heterocycles. The Kier molecular flexibility index (Phi) is 9.67. The number of hydrogen-bond donors (Lipinski definition) is 5. The molecule has 2 aromatic carbocycles. The van der Waals surface area contributed by atoms with Crippen LogP contribution in [0.1, 0.15) is 19.3 Å². The van der Waals surface area contributed by atoms with Gasteiger partial charge in [0, 0.05) is 36.3 Å². The first kappa shape index (κ1) is 26.4. The van der Waals surface area contributed by atoms with Crippen molar-refractivity contribution in [2.75, 3.05) is 54.0 Å². The molecule has 5 N–H and O–H groups in total. The minimum atomic E-state index is -0.240. The van der Waals surface area contributed by atoms with E-state index in [4.69, 9.17) is 0 Å². The summed E-state index contributed by atoms with van der Waals surface area (Å²) in [6, 6.07) is 16.5. The second-order valence-electron chi connectivity index (χ2n) is 8.65. The fourth-order valence-electron chi connectivity index (χ4n) is 3.89. The third-order valence-corrected chi connectivity index (χ3v) is 6.26. The first-order valence-electron chi connectivity index (χ1n) is 12.3. The molecule has 1 aliphatic rings. The number of carbonyl (C=O) groups is 2. The molecule has 0 unspecified atom stereocenters. The third kappa shape index (κ3) is 8.72. The summed E-state index contributed by atoms with van der Waals surface area (Å²) in [5.41, 5.74) is 2.23. The average Bonchev–Trinajstić information content (AvgIpc) is 3.39. The number of rotatable bonds is 11. The Balaban J connectivity index is 1.22. The number of benzene rings is 2. The van der Waals surface area contributed by atoms with Crippen molar-refractivity contribution < 1.29 is 9.59 Å². The first-order valence-corrected chi connectivity index (χ1v) is 13.1. The molecule has 4 rings (SSSR count). The summed E-state index contributed by atoms with van der Waals surface area (Å²) in [5.74, 6) is 1.05. The normalized spacial score (nSPS) is 13.1. The molecule has 11 heteroatoms. The molecule has 1 saturated heterocycles. The highest BCUT2D eigenvalue weighted by molar-refractivity contribution is 9.10. The van der Waals surface area contributed by atoms with Crippen molar-refractivity contribution in [1.29, 1.82) is 0 Å². The van der Waals surface area contributed by atoms with Crippen LogP contribution in [0.4, 0.5) is 33.6 Å². The number of amides is 3. The van der Waals surface area contributed by atoms with E-state index in [1.807, 2.05) is 54.6 Å². The zero-order valence-corrected chi connectivity index (χ0v) is 22.1. The van der Waals surface area contributed by atoms with Crippen LogP contribution in [0.15, 0.2) is 65.3 Å². The zero-order valence-electron chi connectivity index (χ0n) is 20.5. The molecular weight excluding hydrogens is 536 g/mol. The van der Waals surface area contributed by atoms with Gasteiger partial charge in [-0.25, -0.2) is 9.78 Å². The number of para-hydroxylation sites is 1. The van der Waals surface area contributed by atoms with Crippen molar-refractivity contribution in [1.82, 2.24) is 20.2 Å². The highest BCUT2D eigenvalue weighted by Gasteiger charge is 2.15. The molecule has 37 heavy (non-hydrogen) atoms. The fraction of sp³-hybridized carbons (Fsp3) is 0.308. The molecule has 3 amide bonds. The second-order valence-corrected chi connectivity index (χ2v) is 9.51. The molecule has 0 aliphatic carbocycles. The Morgan fingerprint density at radius 3 is 2.49 bits per heavy atom. The Hall–Kier alpha value is -3.70. The van der Waals surface area contributed by atoms with Crippen molar-refractivity contribution in [3.8, 4) is 0 Å². The van der Waals surface area contributed by atoms with Crippen molar-refractivity contribution in [3.63, 3.8) is 0 Å². The van der Waals surface area contributed by atoms with E-state index < -0.39 is 0 Å². The number of urea groups is 1. The fourth-order valence-corrected chi connectivity index (χ4v) is 4.22. The lowest BCUT2D eigenvalue weighted by Gasteiger charge is -2.14. The average molecular weight is 567 g/mol. The van der Waals surface area contributed by atoms with Gasteiger partial charge in [0.2, 0.25) is 11.9 Å². The van der Waals surface area contributed by atoms with Crippen LogP contribution in [-0.4, -0.2) is 59.5 Å². The number of carbonyl (C=O) groups excluding carboxylic acids is 2. The van der Waals surface area contributed by atoms with Crippen LogP contribution < -0.4 is 26.6 Å². The molecule has 1 fully saturated rings. The van der Waals surface area contributed by atoms with Crippen molar-refractivity contribution >= 4 is 56.7 Å². The molecule has 0 atom stereocenters. The maximum absolute atomic E-state index is 12.3. The number of halogens is 1. The Bertz CT molecular complexity index is 1190. The van der Waals surface area contributed by atoms with E-state index in [-0.39, 0.29) is 11.9 Å². The number of anilines is 5. The molecule has 0 bridgehead atoms. The van der Waals surface area contributed by atoms with Gasteiger partial charge >= 0.3 is 6.03 Å². The molecule has 2 heterocycles. The molecule has 1 aliphatic heterocycles. The van der Waals surface area contributed by atoms with E-state index in [1.165, 1.54) is 0 Å². The third-order valence-electron chi connectivity index (χ3n) is 5.68. The van der Waals surface area contributed by atoms with Gasteiger partial charge in [0.1, 0.15) is 5.82 Å². The standard InChI is InChI=1S/C26H31BrN8O2/c27-22-17-30-25(32-21-11-6-10-20(16-21)31-23(36)18-35-14-4-5-15-35)34-24(22)28-12-7-13-29-26(37)33-19-8-2-1-3-9-19/h1-3,6,8-11,16-17H,4-5,7,12-15,18H2,(H,31,36)(H2,29,33,37)(H2,28,30,32,34). The molecule has 0 spiro atoms. The van der Waals surface area contributed by atoms with Crippen LogP contribution in [0.3, 0.4) is 0 Å². The van der Waals surface area contributed by atoms with Gasteiger partial charge in [-0.15, -0.1) is 0 Å². The van der Waals surface area contributed by atoms with Crippen molar-refractivity contribution in [2.45, 2.75) is 19.3 Å². The van der Waals surface area contributed by atoms with Crippen LogP contribution >= 0.6 is 15.9 Å². The predicted octanol–water partition coefficient (Wildman–Crippen LogP) is 4.64. The van der Waals surface area contributed by atoms with Crippen LogP contribution in [0, 0.1) is 0 Å². The maximum atomic E-state index is 12.3. The predicted molar refractivity (Wildman–Crippen MR) is 150 cm³/mol. The lowest BCUT2D eigenvalue weighted by molar-refractivity contribution is -0.117. The molecule has 10 nitrogen and oxygen atoms in total. The van der Waals surface area contributed by atoms with Crippen LogP contribution in [0.25, 0.3) is 0 Å². The second kappa shape index (κ2) is 13.6. The smallest absolute Gasteiger partial charge is 0.319 e. The Morgan fingerprint density at radius 2 is 1.68 bits per heavy atom. The number of likely N-dealkylation sites (tertiary alicyclic amines) is 1. The van der Waals surface area contributed by atoms with Gasteiger partial charge in [-0.2, -0.15) is 4.98 Å². The highest BCUT2D eigenvalue weighted by Crippen LogP contribution is 2.23. The van der Waals surface area contributed by atoms with Crippen LogP contribution in [0.5, 0.6) is 0 Å². The number of nitrogens with one attached hydrogen (secondary N) is 5. The van der Waals surface area contributed by atoms with E-state index in [9.17, 15) is 9.59 Å². The van der Waals surface area contributed by atoms with Gasteiger partial charge in [0.15, 0.2) is 0 Å². The van der Waals surface area contributed by atoms with Crippen molar-refractivity contribution in [2.24, 2.45) is 0 Å². The zero-order chi connectivity index (χ0) is 25.9. The summed E-state index contributed by atoms with van der Waals surface area (Å²) in [7, 11) is 0. The van der Waals surface area contributed by atoms with Gasteiger partial charge in [0.25, 0.3) is 0 Å². The summed E-state index contributed by atoms with van der Waals surface area (Å²) in [6.07, 6.45) is 4.69. The van der Waals surface area contributed by atoms with Gasteiger partial charge in [-0.1, -0.05) is 24.3 Å². The number of hydrogen-bond acceptors (Lipinski definition) is 7. The van der Waals surface area contributed by atoms with Crippen molar-refractivity contribution in [3.05, 3.63) is 65.3 Å². The van der Waals surface area contributed by atoms with Crippen LogP contribution in [0.2, 0.25) is 0 Å².